The summed E-state index contributed by atoms with van der Waals surface area (Å²) in [5.41, 5.74) is 3.22. The van der Waals surface area contributed by atoms with Crippen molar-refractivity contribution in [3.8, 4) is 5.75 Å². The van der Waals surface area contributed by atoms with Gasteiger partial charge in [-0.1, -0.05) is 87.9 Å². The summed E-state index contributed by atoms with van der Waals surface area (Å²) in [7, 11) is 0. The molecule has 1 aliphatic rings. The lowest BCUT2D eigenvalue weighted by Gasteiger charge is -2.24. The highest BCUT2D eigenvalue weighted by molar-refractivity contribution is 9.11. The first kappa shape index (κ1) is 27.3. The van der Waals surface area contributed by atoms with Gasteiger partial charge in [0.1, 0.15) is 12.4 Å². The zero-order chi connectivity index (χ0) is 27.5. The van der Waals surface area contributed by atoms with Crippen LogP contribution in [0.2, 0.25) is 0 Å². The van der Waals surface area contributed by atoms with Crippen molar-refractivity contribution in [3.63, 3.8) is 0 Å². The fraction of sp³-hybridized carbons (Fsp3) is 0.167. The molecule has 2 heterocycles. The van der Waals surface area contributed by atoms with Gasteiger partial charge in [0.2, 0.25) is 0 Å². The zero-order valence-corrected chi connectivity index (χ0v) is 25.2. The minimum absolute atomic E-state index is 0.227. The number of fused-ring (bicyclic) bond motifs is 1. The van der Waals surface area contributed by atoms with Gasteiger partial charge < -0.3 is 9.47 Å². The molecule has 5 rings (SSSR count). The second kappa shape index (κ2) is 11.9. The van der Waals surface area contributed by atoms with E-state index < -0.39 is 12.0 Å². The molecule has 198 valence electrons. The molecule has 1 aromatic heterocycles. The molecule has 6 nitrogen and oxygen atoms in total. The van der Waals surface area contributed by atoms with Gasteiger partial charge in [0.25, 0.3) is 5.56 Å². The fourth-order valence-electron chi connectivity index (χ4n) is 4.45. The van der Waals surface area contributed by atoms with Crippen LogP contribution in [0.15, 0.2) is 103 Å². The summed E-state index contributed by atoms with van der Waals surface area (Å²) in [6.07, 6.45) is 1.81. The third-order valence-electron chi connectivity index (χ3n) is 6.18. The number of thiazole rings is 1. The quantitative estimate of drug-likeness (QED) is 0.230. The van der Waals surface area contributed by atoms with Gasteiger partial charge in [0, 0.05) is 10.0 Å². The van der Waals surface area contributed by atoms with Crippen LogP contribution in [0.3, 0.4) is 0 Å². The van der Waals surface area contributed by atoms with Gasteiger partial charge in [-0.05, 0) is 59.1 Å². The Morgan fingerprint density at radius 2 is 1.77 bits per heavy atom. The van der Waals surface area contributed by atoms with Crippen molar-refractivity contribution < 1.29 is 14.3 Å². The van der Waals surface area contributed by atoms with E-state index in [9.17, 15) is 9.59 Å². The standard InChI is InChI=1S/C30H24Br2N2O4S/c1-3-37-29(36)25-18(2)33-30-34(26(25)20-12-8-5-9-13-20)28(35)24(39-30)15-21-14-22(31)16-23(32)27(21)38-17-19-10-6-4-7-11-19/h4-16,26H,3,17H2,1-2H3/b24-15-/t26-/m1/s1. The number of rotatable bonds is 7. The smallest absolute Gasteiger partial charge is 0.338 e. The van der Waals surface area contributed by atoms with E-state index in [1.807, 2.05) is 78.9 Å². The summed E-state index contributed by atoms with van der Waals surface area (Å²) < 4.78 is 15.2. The number of allylic oxidation sites excluding steroid dienone is 1. The average Bonchev–Trinajstić information content (AvgIpc) is 3.22. The van der Waals surface area contributed by atoms with Crippen LogP contribution in [-0.4, -0.2) is 17.1 Å². The van der Waals surface area contributed by atoms with Crippen molar-refractivity contribution in [2.45, 2.75) is 26.5 Å². The highest BCUT2D eigenvalue weighted by Crippen LogP contribution is 2.34. The molecular formula is C30H24Br2N2O4S. The lowest BCUT2D eigenvalue weighted by atomic mass is 9.96. The highest BCUT2D eigenvalue weighted by Gasteiger charge is 2.33. The van der Waals surface area contributed by atoms with E-state index in [1.165, 1.54) is 11.3 Å². The summed E-state index contributed by atoms with van der Waals surface area (Å²) in [5.74, 6) is 0.144. The van der Waals surface area contributed by atoms with E-state index in [2.05, 4.69) is 36.9 Å². The Hall–Kier alpha value is -3.27. The number of halogens is 2. The first-order valence-corrected chi connectivity index (χ1v) is 14.7. The van der Waals surface area contributed by atoms with E-state index in [-0.39, 0.29) is 12.2 Å². The molecule has 0 spiro atoms. The molecule has 0 amide bonds. The first-order chi connectivity index (χ1) is 18.9. The zero-order valence-electron chi connectivity index (χ0n) is 21.2. The van der Waals surface area contributed by atoms with Gasteiger partial charge >= 0.3 is 5.97 Å². The number of ether oxygens (including phenoxy) is 2. The number of hydrogen-bond acceptors (Lipinski definition) is 6. The Kier molecular flexibility index (Phi) is 8.30. The summed E-state index contributed by atoms with van der Waals surface area (Å²) in [6.45, 7) is 4.14. The van der Waals surface area contributed by atoms with Crippen LogP contribution in [0.5, 0.6) is 5.75 Å². The van der Waals surface area contributed by atoms with Gasteiger partial charge in [-0.25, -0.2) is 9.79 Å². The Bertz CT molecular complexity index is 1750. The number of aromatic nitrogens is 1. The molecular weight excluding hydrogens is 644 g/mol. The Morgan fingerprint density at radius 3 is 2.46 bits per heavy atom. The monoisotopic (exact) mass is 666 g/mol. The maximum atomic E-state index is 13.9. The van der Waals surface area contributed by atoms with Crippen molar-refractivity contribution >= 4 is 55.2 Å². The van der Waals surface area contributed by atoms with Crippen LogP contribution in [0.25, 0.3) is 6.08 Å². The Balaban J connectivity index is 1.65. The lowest BCUT2D eigenvalue weighted by molar-refractivity contribution is -0.139. The Labute approximate surface area is 246 Å². The second-order valence-corrected chi connectivity index (χ2v) is 11.6. The van der Waals surface area contributed by atoms with Gasteiger partial charge in [0.05, 0.1) is 32.9 Å². The van der Waals surface area contributed by atoms with Crippen molar-refractivity contribution in [2.24, 2.45) is 4.99 Å². The number of hydrogen-bond donors (Lipinski definition) is 0. The van der Waals surface area contributed by atoms with E-state index in [0.29, 0.717) is 33.0 Å². The average molecular weight is 668 g/mol. The molecule has 1 aliphatic heterocycles. The van der Waals surface area contributed by atoms with Crippen LogP contribution in [0.1, 0.15) is 36.6 Å². The summed E-state index contributed by atoms with van der Waals surface area (Å²) in [4.78, 5) is 32.1. The SMILES string of the molecule is CCOC(=O)C1=C(C)N=c2s/c(=C\c3cc(Br)cc(Br)c3OCc3ccccc3)c(=O)n2[C@@H]1c1ccccc1. The van der Waals surface area contributed by atoms with Crippen LogP contribution in [-0.2, 0) is 16.1 Å². The molecule has 4 aromatic rings. The molecule has 0 N–H and O–H groups in total. The molecule has 0 unspecified atom stereocenters. The molecule has 9 heteroatoms. The highest BCUT2D eigenvalue weighted by atomic mass is 79.9. The summed E-state index contributed by atoms with van der Waals surface area (Å²) >= 11 is 8.45. The topological polar surface area (TPSA) is 69.9 Å². The van der Waals surface area contributed by atoms with Crippen molar-refractivity contribution in [1.29, 1.82) is 0 Å². The van der Waals surface area contributed by atoms with E-state index in [4.69, 9.17) is 9.47 Å². The third kappa shape index (κ3) is 5.71. The molecule has 0 radical (unpaired) electrons. The Morgan fingerprint density at radius 1 is 1.08 bits per heavy atom. The van der Waals surface area contributed by atoms with Gasteiger partial charge in [-0.3, -0.25) is 9.36 Å². The summed E-state index contributed by atoms with van der Waals surface area (Å²) in [6, 6.07) is 22.5. The third-order valence-corrected chi connectivity index (χ3v) is 8.21. The van der Waals surface area contributed by atoms with Crippen LogP contribution >= 0.6 is 43.2 Å². The van der Waals surface area contributed by atoms with Crippen LogP contribution in [0, 0.1) is 0 Å². The maximum absolute atomic E-state index is 13.9. The van der Waals surface area contributed by atoms with Crippen molar-refractivity contribution in [3.05, 3.63) is 129 Å². The number of carbonyl (C=O) groups excluding carboxylic acids is 1. The number of benzene rings is 3. The number of nitrogens with zero attached hydrogens (tertiary/aromatic N) is 2. The van der Waals surface area contributed by atoms with Crippen LogP contribution in [0.4, 0.5) is 0 Å². The van der Waals surface area contributed by atoms with Gasteiger partial charge in [-0.2, -0.15) is 0 Å². The minimum Gasteiger partial charge on any atom is -0.487 e. The molecule has 39 heavy (non-hydrogen) atoms. The maximum Gasteiger partial charge on any atom is 0.338 e. The predicted octanol–water partition coefficient (Wildman–Crippen LogP) is 5.90. The lowest BCUT2D eigenvalue weighted by Crippen LogP contribution is -2.39. The molecule has 0 bridgehead atoms. The molecule has 0 saturated heterocycles. The van der Waals surface area contributed by atoms with Crippen molar-refractivity contribution in [2.75, 3.05) is 6.61 Å². The molecule has 0 aliphatic carbocycles. The molecule has 0 saturated carbocycles. The van der Waals surface area contributed by atoms with E-state index in [0.717, 1.165) is 25.6 Å². The van der Waals surface area contributed by atoms with Gasteiger partial charge in [-0.15, -0.1) is 0 Å². The number of carbonyl (C=O) groups is 1. The fourth-order valence-corrected chi connectivity index (χ4v) is 6.86. The second-order valence-electron chi connectivity index (χ2n) is 8.79. The first-order valence-electron chi connectivity index (χ1n) is 12.3. The van der Waals surface area contributed by atoms with Gasteiger partial charge in [0.15, 0.2) is 4.80 Å². The van der Waals surface area contributed by atoms with Crippen LogP contribution < -0.4 is 19.6 Å². The van der Waals surface area contributed by atoms with E-state index in [1.54, 1.807) is 18.4 Å². The number of esters is 1. The molecule has 3 aromatic carbocycles. The minimum atomic E-state index is -0.647. The largest absolute Gasteiger partial charge is 0.487 e. The molecule has 0 fully saturated rings. The summed E-state index contributed by atoms with van der Waals surface area (Å²) in [5, 5.41) is 0. The normalized spacial score (nSPS) is 15.1. The predicted molar refractivity (Wildman–Crippen MR) is 159 cm³/mol. The van der Waals surface area contributed by atoms with E-state index >= 15 is 0 Å². The van der Waals surface area contributed by atoms with Crippen molar-refractivity contribution in [1.82, 2.24) is 4.57 Å². The molecule has 1 atom stereocenters.